The number of anilines is 1. The third-order valence-electron chi connectivity index (χ3n) is 5.25. The highest BCUT2D eigenvalue weighted by atomic mass is 79.9. The Hall–Kier alpha value is -2.42. The Labute approximate surface area is 188 Å². The van der Waals surface area contributed by atoms with Gasteiger partial charge in [0.1, 0.15) is 5.25 Å². The van der Waals surface area contributed by atoms with E-state index in [1.165, 1.54) is 16.7 Å². The number of hydrogen-bond donors (Lipinski definition) is 1. The smallest absolute Gasteiger partial charge is 0.305 e. The number of aromatic nitrogens is 1. The molecule has 2 aliphatic rings. The number of hydrogen-bond acceptors (Lipinski definition) is 5. The number of nitrogens with one attached hydrogen (secondary N) is 1. The molecule has 150 valence electrons. The second-order valence-electron chi connectivity index (χ2n) is 7.06. The van der Waals surface area contributed by atoms with Crippen LogP contribution in [0.1, 0.15) is 16.4 Å². The Morgan fingerprint density at radius 3 is 2.43 bits per heavy atom. The summed E-state index contributed by atoms with van der Waals surface area (Å²) in [5, 5.41) is 0.122. The Morgan fingerprint density at radius 2 is 1.70 bits per heavy atom. The molecular weight excluding hydrogens is 484 g/mol. The first-order chi connectivity index (χ1) is 14.5. The molecule has 1 aromatic heterocycles. The molecule has 3 heterocycles. The quantitative estimate of drug-likeness (QED) is 0.533. The van der Waals surface area contributed by atoms with E-state index in [4.69, 9.17) is 0 Å². The second kappa shape index (κ2) is 7.68. The van der Waals surface area contributed by atoms with Gasteiger partial charge < -0.3 is 4.98 Å². The van der Waals surface area contributed by atoms with Crippen LogP contribution in [-0.4, -0.2) is 22.0 Å². The number of rotatable bonds is 3. The predicted molar refractivity (Wildman–Crippen MR) is 123 cm³/mol. The number of amides is 2. The maximum Gasteiger partial charge on any atom is 0.305 e. The summed E-state index contributed by atoms with van der Waals surface area (Å²) in [5.74, 6) is -1.36. The number of carbonyl (C=O) groups is 2. The molecule has 3 aromatic rings. The van der Waals surface area contributed by atoms with Gasteiger partial charge in [0.15, 0.2) is 0 Å². The summed E-state index contributed by atoms with van der Waals surface area (Å²) in [6.07, 6.45) is 3.90. The minimum Gasteiger partial charge on any atom is -0.307 e. The zero-order valence-electron chi connectivity index (χ0n) is 15.4. The lowest BCUT2D eigenvalue weighted by Crippen LogP contribution is -2.31. The molecule has 5 nitrogen and oxygen atoms in total. The highest BCUT2D eigenvalue weighted by Crippen LogP contribution is 2.51. The maximum absolute atomic E-state index is 13.4. The van der Waals surface area contributed by atoms with Crippen LogP contribution < -0.4 is 9.77 Å². The van der Waals surface area contributed by atoms with E-state index < -0.39 is 11.2 Å². The normalized spacial score (nSPS) is 23.1. The Bertz CT molecular complexity index is 1220. The van der Waals surface area contributed by atoms with Gasteiger partial charge in [-0.05, 0) is 29.8 Å². The Kier molecular flexibility index (Phi) is 5.00. The Balaban J connectivity index is 1.57. The van der Waals surface area contributed by atoms with Crippen LogP contribution in [0, 0.1) is 5.92 Å². The molecule has 0 spiro atoms. The molecule has 1 saturated heterocycles. The van der Waals surface area contributed by atoms with E-state index in [-0.39, 0.29) is 22.6 Å². The molecule has 0 radical (unpaired) electrons. The summed E-state index contributed by atoms with van der Waals surface area (Å²) < 4.78 is 0.876. The number of imide groups is 1. The molecule has 2 aliphatic heterocycles. The average molecular weight is 499 g/mol. The van der Waals surface area contributed by atoms with Gasteiger partial charge in [0.25, 0.3) is 0 Å². The van der Waals surface area contributed by atoms with E-state index in [1.807, 2.05) is 54.6 Å². The maximum atomic E-state index is 13.4. The van der Waals surface area contributed by atoms with E-state index in [1.54, 1.807) is 12.1 Å². The summed E-state index contributed by atoms with van der Waals surface area (Å²) in [4.78, 5) is 43.5. The zero-order chi connectivity index (χ0) is 20.8. The van der Waals surface area contributed by atoms with Crippen LogP contribution in [0.5, 0.6) is 0 Å². The van der Waals surface area contributed by atoms with Crippen LogP contribution in [0.25, 0.3) is 6.08 Å². The number of carbonyl (C=O) groups excluding carboxylic acids is 2. The third-order valence-corrected chi connectivity index (χ3v) is 8.20. The molecule has 0 aliphatic carbocycles. The number of allylic oxidation sites excluding steroid dienone is 1. The van der Waals surface area contributed by atoms with Gasteiger partial charge in [-0.25, -0.2) is 4.90 Å². The van der Waals surface area contributed by atoms with Crippen molar-refractivity contribution in [2.24, 2.45) is 5.92 Å². The summed E-state index contributed by atoms with van der Waals surface area (Å²) in [7, 11) is 0. The largest absolute Gasteiger partial charge is 0.307 e. The van der Waals surface area contributed by atoms with Crippen LogP contribution in [0.15, 0.2) is 75.0 Å². The number of halogens is 1. The first kappa shape index (κ1) is 19.5. The number of aromatic amines is 1. The molecule has 0 unspecified atom stereocenters. The molecular formula is C22H15BrN2O3S2. The van der Waals surface area contributed by atoms with Crippen molar-refractivity contribution in [3.05, 3.63) is 85.3 Å². The molecule has 2 aromatic carbocycles. The van der Waals surface area contributed by atoms with Crippen molar-refractivity contribution < 1.29 is 9.59 Å². The number of thiazole rings is 1. The van der Waals surface area contributed by atoms with Gasteiger partial charge in [0.2, 0.25) is 11.8 Å². The fourth-order valence-electron chi connectivity index (χ4n) is 3.89. The number of nitrogens with zero attached hydrogens (tertiary/aromatic N) is 1. The second-order valence-corrected chi connectivity index (χ2v) is 10.1. The predicted octanol–water partition coefficient (Wildman–Crippen LogP) is 4.66. The lowest BCUT2D eigenvalue weighted by Gasteiger charge is -2.27. The van der Waals surface area contributed by atoms with Gasteiger partial charge in [-0.15, -0.1) is 0 Å². The van der Waals surface area contributed by atoms with Crippen LogP contribution in [-0.2, 0) is 9.59 Å². The zero-order valence-corrected chi connectivity index (χ0v) is 18.7. The average Bonchev–Trinajstić information content (AvgIpc) is 3.24. The van der Waals surface area contributed by atoms with Gasteiger partial charge in [0.05, 0.1) is 16.6 Å². The highest BCUT2D eigenvalue weighted by molar-refractivity contribution is 9.10. The lowest BCUT2D eigenvalue weighted by atomic mass is 9.88. The van der Waals surface area contributed by atoms with Gasteiger partial charge in [-0.1, -0.05) is 81.5 Å². The van der Waals surface area contributed by atoms with E-state index in [9.17, 15) is 14.4 Å². The molecule has 5 rings (SSSR count). The molecule has 0 bridgehead atoms. The van der Waals surface area contributed by atoms with Gasteiger partial charge in [-0.3, -0.25) is 14.4 Å². The van der Waals surface area contributed by atoms with Crippen molar-refractivity contribution in [2.75, 3.05) is 4.90 Å². The van der Waals surface area contributed by atoms with E-state index in [0.717, 1.165) is 26.3 Å². The van der Waals surface area contributed by atoms with Crippen molar-refractivity contribution in [2.45, 2.75) is 16.2 Å². The van der Waals surface area contributed by atoms with Crippen LogP contribution in [0.3, 0.4) is 0 Å². The topological polar surface area (TPSA) is 70.2 Å². The summed E-state index contributed by atoms with van der Waals surface area (Å²) >= 11 is 5.78. The van der Waals surface area contributed by atoms with Gasteiger partial charge in [-0.2, -0.15) is 0 Å². The summed E-state index contributed by atoms with van der Waals surface area (Å²) in [5.41, 5.74) is 1.56. The monoisotopic (exact) mass is 498 g/mol. The number of fused-ring (bicyclic) bond motifs is 2. The lowest BCUT2D eigenvalue weighted by molar-refractivity contribution is -0.122. The molecule has 1 N–H and O–H groups in total. The number of H-pyrrole nitrogens is 1. The highest BCUT2D eigenvalue weighted by Gasteiger charge is 2.55. The molecule has 8 heteroatoms. The SMILES string of the molecule is O=C1[C@H]2[C@@H](Sc3[nH]c(=O)sc3[C@@H]2/C=C/c2ccccc2)C(=O)N1c1ccc(Br)cc1. The van der Waals surface area contributed by atoms with E-state index in [0.29, 0.717) is 10.7 Å². The molecule has 0 saturated carbocycles. The molecule has 1 fully saturated rings. The Morgan fingerprint density at radius 1 is 0.967 bits per heavy atom. The van der Waals surface area contributed by atoms with Crippen molar-refractivity contribution in [3.63, 3.8) is 0 Å². The minimum absolute atomic E-state index is 0.171. The van der Waals surface area contributed by atoms with Gasteiger partial charge in [0, 0.05) is 15.3 Å². The van der Waals surface area contributed by atoms with Crippen molar-refractivity contribution >= 4 is 62.6 Å². The first-order valence-corrected chi connectivity index (χ1v) is 11.8. The van der Waals surface area contributed by atoms with Gasteiger partial charge >= 0.3 is 4.87 Å². The standard InChI is InChI=1S/C22H15BrN2O3S2/c23-13-7-9-14(10-8-13)25-20(26)16-15(11-6-12-4-2-1-3-5-12)17-19(24-22(28)30-17)29-18(16)21(25)27/h1-11,15-16,18H,(H,24,28)/b11-6+/t15-,16-,18-/m1/s1. The van der Waals surface area contributed by atoms with Crippen molar-refractivity contribution in [1.29, 1.82) is 0 Å². The molecule has 2 amide bonds. The summed E-state index contributed by atoms with van der Waals surface area (Å²) in [6, 6.07) is 16.9. The van der Waals surface area contributed by atoms with Crippen molar-refractivity contribution in [1.82, 2.24) is 4.98 Å². The van der Waals surface area contributed by atoms with E-state index in [2.05, 4.69) is 20.9 Å². The van der Waals surface area contributed by atoms with Crippen molar-refractivity contribution in [3.8, 4) is 0 Å². The fourth-order valence-corrected chi connectivity index (χ4v) is 6.64. The van der Waals surface area contributed by atoms with Crippen LogP contribution in [0.2, 0.25) is 0 Å². The van der Waals surface area contributed by atoms with Crippen LogP contribution in [0.4, 0.5) is 5.69 Å². The van der Waals surface area contributed by atoms with E-state index >= 15 is 0 Å². The molecule has 30 heavy (non-hydrogen) atoms. The number of benzene rings is 2. The number of thioether (sulfide) groups is 1. The minimum atomic E-state index is -0.565. The third kappa shape index (κ3) is 3.29. The summed E-state index contributed by atoms with van der Waals surface area (Å²) in [6.45, 7) is 0. The first-order valence-electron chi connectivity index (χ1n) is 9.29. The fraction of sp³-hybridized carbons (Fsp3) is 0.136. The van der Waals surface area contributed by atoms with Crippen LogP contribution >= 0.6 is 39.0 Å². The molecule has 3 atom stereocenters.